The van der Waals surface area contributed by atoms with Crippen molar-refractivity contribution in [2.24, 2.45) is 0 Å². The Morgan fingerprint density at radius 3 is 2.09 bits per heavy atom. The number of pyridine rings is 1. The van der Waals surface area contributed by atoms with E-state index in [1.165, 1.54) is 0 Å². The summed E-state index contributed by atoms with van der Waals surface area (Å²) in [6.07, 6.45) is 9.74. The largest absolute Gasteiger partial charge is 0.456 e. The zero-order valence-electron chi connectivity index (χ0n) is 28.3. The second-order valence-corrected chi connectivity index (χ2v) is 13.3. The molecular weight excluding hydrogens is 653 g/mol. The average Bonchev–Trinajstić information content (AvgIpc) is 3.74. The third kappa shape index (κ3) is 4.70. The van der Waals surface area contributed by atoms with Crippen molar-refractivity contribution in [1.29, 1.82) is 0 Å². The number of hydrogen-bond donors (Lipinski definition) is 0. The highest BCUT2D eigenvalue weighted by Gasteiger charge is 2.21. The van der Waals surface area contributed by atoms with Gasteiger partial charge in [0.25, 0.3) is 0 Å². The maximum Gasteiger partial charge on any atom is 0.235 e. The molecule has 11 rings (SSSR count). The lowest BCUT2D eigenvalue weighted by atomic mass is 9.92. The third-order valence-electron chi connectivity index (χ3n) is 10.2. The molecule has 0 radical (unpaired) electrons. The van der Waals surface area contributed by atoms with Gasteiger partial charge in [-0.1, -0.05) is 91.0 Å². The number of hydrogen-bond acceptors (Lipinski definition) is 5. The van der Waals surface area contributed by atoms with Gasteiger partial charge in [0.05, 0.1) is 5.52 Å². The average molecular weight is 681 g/mol. The Bertz CT molecular complexity index is 3100. The molecule has 0 aliphatic carbocycles. The second kappa shape index (κ2) is 11.6. The van der Waals surface area contributed by atoms with Gasteiger partial charge in [-0.05, 0) is 94.0 Å². The summed E-state index contributed by atoms with van der Waals surface area (Å²) < 4.78 is 15.5. The van der Waals surface area contributed by atoms with Crippen molar-refractivity contribution < 1.29 is 9.15 Å². The first-order chi connectivity index (χ1) is 26.3. The van der Waals surface area contributed by atoms with Gasteiger partial charge in [-0.25, -0.2) is 15.0 Å². The van der Waals surface area contributed by atoms with Crippen molar-refractivity contribution in [1.82, 2.24) is 19.5 Å². The van der Waals surface area contributed by atoms with E-state index in [4.69, 9.17) is 14.1 Å². The topological polar surface area (TPSA) is 66.0 Å². The minimum atomic E-state index is 0.589. The van der Waals surface area contributed by atoms with E-state index >= 15 is 0 Å². The SMILES string of the molecule is C1=Cc2ccc(-c3ccc4c(c3)c3cccnc3n4-c3ncccn3)cc2-c2cc3oc4ccccc4c3cc2Oc2ccccc2-c2ccccc21. The van der Waals surface area contributed by atoms with E-state index in [1.807, 2.05) is 53.2 Å². The normalized spacial score (nSPS) is 12.2. The molecule has 53 heavy (non-hydrogen) atoms. The molecule has 0 N–H and O–H groups in total. The van der Waals surface area contributed by atoms with E-state index < -0.39 is 0 Å². The zero-order chi connectivity index (χ0) is 34.9. The van der Waals surface area contributed by atoms with Gasteiger partial charge in [0.15, 0.2) is 0 Å². The van der Waals surface area contributed by atoms with Crippen molar-refractivity contribution in [2.45, 2.75) is 0 Å². The van der Waals surface area contributed by atoms with Crippen LogP contribution in [0.3, 0.4) is 0 Å². The number of para-hydroxylation sites is 2. The molecular formula is C47H28N4O2. The Labute approximate surface area is 303 Å². The lowest BCUT2D eigenvalue weighted by Gasteiger charge is -2.17. The van der Waals surface area contributed by atoms with Gasteiger partial charge in [-0.15, -0.1) is 0 Å². The summed E-state index contributed by atoms with van der Waals surface area (Å²) in [4.78, 5) is 13.9. The summed E-state index contributed by atoms with van der Waals surface area (Å²) in [5, 5.41) is 4.19. The Hall–Kier alpha value is -7.31. The van der Waals surface area contributed by atoms with E-state index in [1.54, 1.807) is 12.4 Å². The third-order valence-corrected chi connectivity index (χ3v) is 10.2. The van der Waals surface area contributed by atoms with Crippen molar-refractivity contribution in [3.63, 3.8) is 0 Å². The van der Waals surface area contributed by atoms with Crippen LogP contribution < -0.4 is 4.74 Å². The fourth-order valence-electron chi connectivity index (χ4n) is 7.76. The van der Waals surface area contributed by atoms with E-state index in [0.717, 1.165) is 99.9 Å². The number of fused-ring (bicyclic) bond motifs is 12. The monoisotopic (exact) mass is 680 g/mol. The predicted octanol–water partition coefficient (Wildman–Crippen LogP) is 12.1. The molecule has 4 aromatic heterocycles. The molecule has 1 aliphatic rings. The fourth-order valence-corrected chi connectivity index (χ4v) is 7.76. The number of furan rings is 1. The van der Waals surface area contributed by atoms with Crippen LogP contribution in [-0.4, -0.2) is 19.5 Å². The quantitative estimate of drug-likeness (QED) is 0.182. The molecule has 0 saturated heterocycles. The summed E-state index contributed by atoms with van der Waals surface area (Å²) in [7, 11) is 0. The molecule has 0 bridgehead atoms. The molecule has 0 fully saturated rings. The number of nitrogens with zero attached hydrogens (tertiary/aromatic N) is 4. The van der Waals surface area contributed by atoms with Crippen LogP contribution in [-0.2, 0) is 0 Å². The highest BCUT2D eigenvalue weighted by molar-refractivity contribution is 6.10. The van der Waals surface area contributed by atoms with E-state index in [9.17, 15) is 0 Å². The van der Waals surface area contributed by atoms with E-state index in [0.29, 0.717) is 5.95 Å². The smallest absolute Gasteiger partial charge is 0.235 e. The first kappa shape index (κ1) is 29.4. The van der Waals surface area contributed by atoms with Crippen molar-refractivity contribution >= 4 is 56.0 Å². The summed E-state index contributed by atoms with van der Waals surface area (Å²) >= 11 is 0. The van der Waals surface area contributed by atoms with Crippen LogP contribution in [0.1, 0.15) is 11.1 Å². The van der Waals surface area contributed by atoms with Gasteiger partial charge in [0.1, 0.15) is 28.3 Å². The van der Waals surface area contributed by atoms with Crippen molar-refractivity contribution in [3.05, 3.63) is 169 Å². The lowest BCUT2D eigenvalue weighted by Crippen LogP contribution is -2.00. The zero-order valence-corrected chi connectivity index (χ0v) is 28.3. The number of ether oxygens (including phenoxy) is 1. The maximum absolute atomic E-state index is 7.02. The Morgan fingerprint density at radius 2 is 1.17 bits per heavy atom. The first-order valence-corrected chi connectivity index (χ1v) is 17.6. The molecule has 0 atom stereocenters. The highest BCUT2D eigenvalue weighted by atomic mass is 16.5. The predicted molar refractivity (Wildman–Crippen MR) is 213 cm³/mol. The molecule has 10 aromatic rings. The minimum absolute atomic E-state index is 0.589. The van der Waals surface area contributed by atoms with E-state index in [2.05, 4.69) is 119 Å². The van der Waals surface area contributed by atoms with Gasteiger partial charge in [0, 0.05) is 51.3 Å². The molecule has 1 aliphatic heterocycles. The Morgan fingerprint density at radius 1 is 0.434 bits per heavy atom. The maximum atomic E-state index is 7.02. The van der Waals surface area contributed by atoms with Crippen LogP contribution >= 0.6 is 0 Å². The minimum Gasteiger partial charge on any atom is -0.456 e. The lowest BCUT2D eigenvalue weighted by molar-refractivity contribution is 0.487. The van der Waals surface area contributed by atoms with Gasteiger partial charge in [0.2, 0.25) is 5.95 Å². The highest BCUT2D eigenvalue weighted by Crippen LogP contribution is 2.46. The molecule has 6 heteroatoms. The van der Waals surface area contributed by atoms with Gasteiger partial charge < -0.3 is 9.15 Å². The molecule has 0 saturated carbocycles. The molecule has 0 unspecified atom stereocenters. The summed E-state index contributed by atoms with van der Waals surface area (Å²) in [6, 6.07) is 48.3. The molecule has 0 amide bonds. The van der Waals surface area contributed by atoms with Crippen LogP contribution in [0.4, 0.5) is 0 Å². The van der Waals surface area contributed by atoms with Gasteiger partial charge in [-0.3, -0.25) is 4.57 Å². The van der Waals surface area contributed by atoms with E-state index in [-0.39, 0.29) is 0 Å². The fraction of sp³-hybridized carbons (Fsp3) is 0. The standard InChI is InChI=1S/C47H28N4O2/c1-2-10-33-29(9-1)16-17-30-18-19-31(32-20-21-41-38(26-32)36-13-7-22-48-46(36)51(41)47-49-23-8-24-50-47)25-37(30)40-28-44-39(35-12-4-6-15-43(35)53-44)27-45(40)52-42-14-5-3-11-34(33)42/h1-28H. The van der Waals surface area contributed by atoms with Crippen molar-refractivity contribution in [2.75, 3.05) is 0 Å². The molecule has 5 heterocycles. The number of rotatable bonds is 2. The van der Waals surface area contributed by atoms with Gasteiger partial charge in [-0.2, -0.15) is 0 Å². The van der Waals surface area contributed by atoms with Crippen LogP contribution in [0.15, 0.2) is 163 Å². The first-order valence-electron chi connectivity index (χ1n) is 17.6. The second-order valence-electron chi connectivity index (χ2n) is 13.3. The number of aromatic nitrogens is 4. The summed E-state index contributed by atoms with van der Waals surface area (Å²) in [5.74, 6) is 2.14. The van der Waals surface area contributed by atoms with Crippen LogP contribution in [0.5, 0.6) is 11.5 Å². The Kier molecular flexibility index (Phi) is 6.45. The van der Waals surface area contributed by atoms with Crippen molar-refractivity contribution in [3.8, 4) is 50.8 Å². The number of benzene rings is 6. The van der Waals surface area contributed by atoms with Crippen LogP contribution in [0.2, 0.25) is 0 Å². The molecule has 6 aromatic carbocycles. The summed E-state index contributed by atoms with van der Waals surface area (Å²) in [6.45, 7) is 0. The van der Waals surface area contributed by atoms with Crippen LogP contribution in [0.25, 0.3) is 95.4 Å². The Balaban J connectivity index is 1.16. The van der Waals surface area contributed by atoms with Crippen LogP contribution in [0, 0.1) is 0 Å². The van der Waals surface area contributed by atoms with Gasteiger partial charge >= 0.3 is 0 Å². The molecule has 248 valence electrons. The summed E-state index contributed by atoms with van der Waals surface area (Å²) in [5.41, 5.74) is 11.9. The molecule has 6 nitrogen and oxygen atoms in total. The molecule has 0 spiro atoms.